The van der Waals surface area contributed by atoms with E-state index in [0.29, 0.717) is 0 Å². The summed E-state index contributed by atoms with van der Waals surface area (Å²) in [5.74, 6) is 0. The molecule has 0 atom stereocenters. The van der Waals surface area contributed by atoms with Gasteiger partial charge in [0.1, 0.15) is 0 Å². The number of rotatable bonds is 6. The maximum absolute atomic E-state index is 11.6. The van der Waals surface area contributed by atoms with E-state index in [1.807, 2.05) is 30.3 Å². The quantitative estimate of drug-likeness (QED) is 0.773. The van der Waals surface area contributed by atoms with Crippen LogP contribution in [0.4, 0.5) is 10.5 Å². The second-order valence-electron chi connectivity index (χ2n) is 5.00. The van der Waals surface area contributed by atoms with Crippen LogP contribution in [0.25, 0.3) is 0 Å². The maximum Gasteiger partial charge on any atom is 0.319 e. The predicted molar refractivity (Wildman–Crippen MR) is 78.4 cm³/mol. The van der Waals surface area contributed by atoms with Gasteiger partial charge in [0, 0.05) is 12.2 Å². The predicted octanol–water partition coefficient (Wildman–Crippen LogP) is 2.68. The Morgan fingerprint density at radius 3 is 2.58 bits per heavy atom. The molecule has 2 rings (SSSR count). The number of likely N-dealkylation sites (tertiary alicyclic amines) is 1. The maximum atomic E-state index is 11.6. The zero-order valence-electron chi connectivity index (χ0n) is 11.4. The third-order valence-corrected chi connectivity index (χ3v) is 3.42. The summed E-state index contributed by atoms with van der Waals surface area (Å²) in [6.07, 6.45) is 4.89. The molecular formula is C15H23N3O. The van der Waals surface area contributed by atoms with Gasteiger partial charge in [-0.1, -0.05) is 18.2 Å². The van der Waals surface area contributed by atoms with Crippen LogP contribution in [0.5, 0.6) is 0 Å². The van der Waals surface area contributed by atoms with Crippen LogP contribution >= 0.6 is 0 Å². The number of hydrogen-bond donors (Lipinski definition) is 2. The number of carbonyl (C=O) groups is 1. The van der Waals surface area contributed by atoms with Gasteiger partial charge < -0.3 is 15.5 Å². The number of amides is 2. The highest BCUT2D eigenvalue weighted by Gasteiger charge is 2.10. The fourth-order valence-corrected chi connectivity index (χ4v) is 2.37. The van der Waals surface area contributed by atoms with Gasteiger partial charge in [0.05, 0.1) is 0 Å². The molecular weight excluding hydrogens is 238 g/mol. The van der Waals surface area contributed by atoms with Crippen molar-refractivity contribution in [1.82, 2.24) is 10.2 Å². The van der Waals surface area contributed by atoms with Gasteiger partial charge in [-0.3, -0.25) is 0 Å². The van der Waals surface area contributed by atoms with Crippen molar-refractivity contribution in [2.45, 2.75) is 25.7 Å². The summed E-state index contributed by atoms with van der Waals surface area (Å²) in [7, 11) is 0. The van der Waals surface area contributed by atoms with Crippen LogP contribution in [0, 0.1) is 0 Å². The average molecular weight is 261 g/mol. The first-order chi connectivity index (χ1) is 9.34. The van der Waals surface area contributed by atoms with Gasteiger partial charge in [-0.05, 0) is 57.5 Å². The molecule has 104 valence electrons. The summed E-state index contributed by atoms with van der Waals surface area (Å²) in [6.45, 7) is 4.42. The van der Waals surface area contributed by atoms with Crippen LogP contribution in [0.2, 0.25) is 0 Å². The van der Waals surface area contributed by atoms with Crippen LogP contribution in [-0.4, -0.2) is 37.1 Å². The fourth-order valence-electron chi connectivity index (χ4n) is 2.37. The topological polar surface area (TPSA) is 44.4 Å². The van der Waals surface area contributed by atoms with Crippen molar-refractivity contribution in [2.75, 3.05) is 31.5 Å². The molecule has 1 aromatic rings. The first-order valence-corrected chi connectivity index (χ1v) is 7.17. The van der Waals surface area contributed by atoms with Crippen molar-refractivity contribution in [3.05, 3.63) is 30.3 Å². The standard InChI is InChI=1S/C15H23N3O/c19-15(17-14-8-2-1-3-9-14)16-10-4-5-11-18-12-6-7-13-18/h1-3,8-9H,4-7,10-13H2,(H2,16,17,19). The molecule has 4 heteroatoms. The average Bonchev–Trinajstić information content (AvgIpc) is 2.92. The Bertz CT molecular complexity index is 374. The first-order valence-electron chi connectivity index (χ1n) is 7.17. The molecule has 4 nitrogen and oxygen atoms in total. The molecule has 1 heterocycles. The second kappa shape index (κ2) is 7.79. The van der Waals surface area contributed by atoms with E-state index in [4.69, 9.17) is 0 Å². The molecule has 1 aliphatic rings. The van der Waals surface area contributed by atoms with Gasteiger partial charge in [-0.25, -0.2) is 4.79 Å². The summed E-state index contributed by atoms with van der Waals surface area (Å²) in [4.78, 5) is 14.1. The third-order valence-electron chi connectivity index (χ3n) is 3.42. The molecule has 0 saturated carbocycles. The Kier molecular flexibility index (Phi) is 5.69. The Balaban J connectivity index is 1.51. The van der Waals surface area contributed by atoms with Crippen molar-refractivity contribution >= 4 is 11.7 Å². The van der Waals surface area contributed by atoms with Gasteiger partial charge in [0.25, 0.3) is 0 Å². The van der Waals surface area contributed by atoms with E-state index in [9.17, 15) is 4.79 Å². The zero-order chi connectivity index (χ0) is 13.3. The Morgan fingerprint density at radius 2 is 1.84 bits per heavy atom. The van der Waals surface area contributed by atoms with Crippen molar-refractivity contribution in [1.29, 1.82) is 0 Å². The second-order valence-corrected chi connectivity index (χ2v) is 5.00. The van der Waals surface area contributed by atoms with Gasteiger partial charge in [0.2, 0.25) is 0 Å². The monoisotopic (exact) mass is 261 g/mol. The van der Waals surface area contributed by atoms with E-state index in [0.717, 1.165) is 25.1 Å². The minimum atomic E-state index is -0.118. The van der Waals surface area contributed by atoms with Gasteiger partial charge in [-0.15, -0.1) is 0 Å². The van der Waals surface area contributed by atoms with Gasteiger partial charge in [-0.2, -0.15) is 0 Å². The Labute approximate surface area is 115 Å². The number of carbonyl (C=O) groups excluding carboxylic acids is 1. The zero-order valence-corrected chi connectivity index (χ0v) is 11.4. The number of nitrogens with one attached hydrogen (secondary N) is 2. The SMILES string of the molecule is O=C(NCCCCN1CCCC1)Nc1ccccc1. The molecule has 2 amide bonds. The highest BCUT2D eigenvalue weighted by atomic mass is 16.2. The van der Waals surface area contributed by atoms with Crippen LogP contribution in [0.3, 0.4) is 0 Å². The molecule has 1 fully saturated rings. The molecule has 0 bridgehead atoms. The minimum Gasteiger partial charge on any atom is -0.338 e. The number of nitrogens with zero attached hydrogens (tertiary/aromatic N) is 1. The number of para-hydroxylation sites is 1. The highest BCUT2D eigenvalue weighted by molar-refractivity contribution is 5.89. The lowest BCUT2D eigenvalue weighted by Crippen LogP contribution is -2.30. The lowest BCUT2D eigenvalue weighted by molar-refractivity contribution is 0.251. The number of unbranched alkanes of at least 4 members (excludes halogenated alkanes) is 1. The summed E-state index contributed by atoms with van der Waals surface area (Å²) < 4.78 is 0. The molecule has 0 unspecified atom stereocenters. The number of benzene rings is 1. The summed E-state index contributed by atoms with van der Waals surface area (Å²) >= 11 is 0. The molecule has 0 spiro atoms. The van der Waals surface area contributed by atoms with Gasteiger partial charge in [0.15, 0.2) is 0 Å². The van der Waals surface area contributed by atoms with E-state index in [2.05, 4.69) is 15.5 Å². The van der Waals surface area contributed by atoms with Crippen LogP contribution in [0.1, 0.15) is 25.7 Å². The van der Waals surface area contributed by atoms with E-state index in [-0.39, 0.29) is 6.03 Å². The lowest BCUT2D eigenvalue weighted by atomic mass is 10.3. The molecule has 1 aromatic carbocycles. The number of anilines is 1. The molecule has 0 aromatic heterocycles. The first kappa shape index (κ1) is 13.9. The molecule has 2 N–H and O–H groups in total. The largest absolute Gasteiger partial charge is 0.338 e. The molecule has 1 aliphatic heterocycles. The molecule has 0 aliphatic carbocycles. The normalized spacial score (nSPS) is 15.4. The smallest absolute Gasteiger partial charge is 0.319 e. The lowest BCUT2D eigenvalue weighted by Gasteiger charge is -2.14. The van der Waals surface area contributed by atoms with Crippen molar-refractivity contribution in [2.24, 2.45) is 0 Å². The van der Waals surface area contributed by atoms with E-state index in [1.165, 1.54) is 32.5 Å². The fraction of sp³-hybridized carbons (Fsp3) is 0.533. The number of urea groups is 1. The minimum absolute atomic E-state index is 0.118. The summed E-state index contributed by atoms with van der Waals surface area (Å²) in [5, 5.41) is 5.70. The van der Waals surface area contributed by atoms with Crippen LogP contribution in [-0.2, 0) is 0 Å². The third kappa shape index (κ3) is 5.30. The van der Waals surface area contributed by atoms with Crippen molar-refractivity contribution in [3.8, 4) is 0 Å². The van der Waals surface area contributed by atoms with Crippen molar-refractivity contribution in [3.63, 3.8) is 0 Å². The Hall–Kier alpha value is -1.55. The Morgan fingerprint density at radius 1 is 1.11 bits per heavy atom. The highest BCUT2D eigenvalue weighted by Crippen LogP contribution is 2.08. The molecule has 1 saturated heterocycles. The van der Waals surface area contributed by atoms with Crippen LogP contribution < -0.4 is 10.6 Å². The summed E-state index contributed by atoms with van der Waals surface area (Å²) in [5.41, 5.74) is 0.831. The van der Waals surface area contributed by atoms with E-state index >= 15 is 0 Å². The van der Waals surface area contributed by atoms with Gasteiger partial charge >= 0.3 is 6.03 Å². The van der Waals surface area contributed by atoms with Crippen molar-refractivity contribution < 1.29 is 4.79 Å². The van der Waals surface area contributed by atoms with Crippen LogP contribution in [0.15, 0.2) is 30.3 Å². The molecule has 0 radical (unpaired) electrons. The molecule has 19 heavy (non-hydrogen) atoms. The van der Waals surface area contributed by atoms with E-state index in [1.54, 1.807) is 0 Å². The number of hydrogen-bond acceptors (Lipinski definition) is 2. The van der Waals surface area contributed by atoms with E-state index < -0.39 is 0 Å². The summed E-state index contributed by atoms with van der Waals surface area (Å²) in [6, 6.07) is 9.39.